The first-order valence-corrected chi connectivity index (χ1v) is 13.4. The van der Waals surface area contributed by atoms with Gasteiger partial charge in [0.25, 0.3) is 0 Å². The number of carbonyl (C=O) groups excluding carboxylic acids is 1. The second-order valence-electron chi connectivity index (χ2n) is 10.3. The van der Waals surface area contributed by atoms with Crippen LogP contribution in [0.25, 0.3) is 10.9 Å². The largest absolute Gasteiger partial charge is 0.387 e. The van der Waals surface area contributed by atoms with Gasteiger partial charge in [-0.25, -0.2) is 19.9 Å². The first-order valence-electron chi connectivity index (χ1n) is 13.4. The summed E-state index contributed by atoms with van der Waals surface area (Å²) in [6, 6.07) is 5.79. The van der Waals surface area contributed by atoms with Crippen LogP contribution in [0.3, 0.4) is 0 Å². The van der Waals surface area contributed by atoms with Gasteiger partial charge in [-0.3, -0.25) is 4.79 Å². The summed E-state index contributed by atoms with van der Waals surface area (Å²) in [6.07, 6.45) is 7.30. The molecule has 194 valence electrons. The summed E-state index contributed by atoms with van der Waals surface area (Å²) in [7, 11) is 0. The molecule has 3 aliphatic rings. The van der Waals surface area contributed by atoms with Crippen LogP contribution in [0.4, 0.5) is 17.6 Å². The van der Waals surface area contributed by atoms with Crippen molar-refractivity contribution in [2.45, 2.75) is 64.1 Å². The van der Waals surface area contributed by atoms with Crippen molar-refractivity contribution in [1.82, 2.24) is 30.2 Å². The van der Waals surface area contributed by atoms with Crippen LogP contribution in [0.15, 0.2) is 24.4 Å². The van der Waals surface area contributed by atoms with E-state index in [1.165, 1.54) is 6.42 Å². The fourth-order valence-corrected chi connectivity index (χ4v) is 5.55. The molecule has 3 N–H and O–H groups in total. The van der Waals surface area contributed by atoms with E-state index >= 15 is 0 Å². The third kappa shape index (κ3) is 4.95. The van der Waals surface area contributed by atoms with Crippen molar-refractivity contribution >= 4 is 34.4 Å². The van der Waals surface area contributed by atoms with E-state index in [2.05, 4.69) is 20.5 Å². The molecule has 6 heterocycles. The Balaban J connectivity index is 1.23. The lowest BCUT2D eigenvalue weighted by Crippen LogP contribution is -2.45. The monoisotopic (exact) mass is 502 g/mol. The molecule has 0 spiro atoms. The Morgan fingerprint density at radius 2 is 2.00 bits per heavy atom. The number of aliphatic hydroxyl groups is 1. The third-order valence-corrected chi connectivity index (χ3v) is 7.61. The molecule has 3 aromatic rings. The Hall–Kier alpha value is -3.37. The maximum absolute atomic E-state index is 12.8. The summed E-state index contributed by atoms with van der Waals surface area (Å²) in [5, 5.41) is 17.6. The summed E-state index contributed by atoms with van der Waals surface area (Å²) in [5.41, 5.74) is 3.50. The van der Waals surface area contributed by atoms with Crippen LogP contribution in [0.5, 0.6) is 0 Å². The molecule has 3 aromatic heterocycles. The molecule has 2 fully saturated rings. The summed E-state index contributed by atoms with van der Waals surface area (Å²) in [4.78, 5) is 36.0. The fraction of sp³-hybridized carbons (Fsp3) is 0.519. The Bertz CT molecular complexity index is 1300. The number of amides is 1. The van der Waals surface area contributed by atoms with E-state index in [4.69, 9.17) is 15.0 Å². The Morgan fingerprint density at radius 1 is 1.14 bits per heavy atom. The molecule has 2 saturated heterocycles. The number of anilines is 3. The topological polar surface area (TPSA) is 119 Å². The Morgan fingerprint density at radius 3 is 2.78 bits per heavy atom. The van der Waals surface area contributed by atoms with Gasteiger partial charge in [0.05, 0.1) is 17.8 Å². The molecule has 2 atom stereocenters. The average Bonchev–Trinajstić information content (AvgIpc) is 3.47. The van der Waals surface area contributed by atoms with Gasteiger partial charge in [-0.05, 0) is 63.3 Å². The van der Waals surface area contributed by atoms with E-state index in [1.54, 1.807) is 13.1 Å². The van der Waals surface area contributed by atoms with E-state index in [9.17, 15) is 9.90 Å². The van der Waals surface area contributed by atoms with Crippen molar-refractivity contribution in [3.8, 4) is 0 Å². The highest BCUT2D eigenvalue weighted by Gasteiger charge is 2.29. The number of carbonyl (C=O) groups is 1. The van der Waals surface area contributed by atoms with Gasteiger partial charge in [-0.1, -0.05) is 6.07 Å². The molecule has 0 aromatic carbocycles. The number of nitrogens with one attached hydrogen (secondary N) is 2. The lowest BCUT2D eigenvalue weighted by molar-refractivity contribution is -0.134. The van der Waals surface area contributed by atoms with Gasteiger partial charge in [0, 0.05) is 49.9 Å². The fourth-order valence-electron chi connectivity index (χ4n) is 5.55. The molecule has 0 radical (unpaired) electrons. The van der Waals surface area contributed by atoms with Crippen molar-refractivity contribution in [3.05, 3.63) is 41.3 Å². The molecule has 6 rings (SSSR count). The number of aromatic nitrogens is 4. The van der Waals surface area contributed by atoms with Gasteiger partial charge >= 0.3 is 0 Å². The zero-order valence-electron chi connectivity index (χ0n) is 21.3. The Labute approximate surface area is 216 Å². The minimum absolute atomic E-state index is 0.0403. The maximum Gasteiger partial charge on any atom is 0.240 e. The minimum atomic E-state index is -0.661. The quantitative estimate of drug-likeness (QED) is 0.484. The van der Waals surface area contributed by atoms with E-state index in [0.29, 0.717) is 30.5 Å². The lowest BCUT2D eigenvalue weighted by atomic mass is 10.0. The molecule has 0 aliphatic carbocycles. The van der Waals surface area contributed by atoms with Crippen LogP contribution in [-0.4, -0.2) is 68.1 Å². The third-order valence-electron chi connectivity index (χ3n) is 7.61. The van der Waals surface area contributed by atoms with Gasteiger partial charge in [0.15, 0.2) is 5.82 Å². The summed E-state index contributed by atoms with van der Waals surface area (Å²) >= 11 is 0. The SMILES string of the molecule is CC(O)c1cc2cnc(Nc3ccc4c(n3)CCN(C(=O)[C@H]3CCCN3)C4)nc2c(N2CCCCC2)n1. The number of hydrogen-bond donors (Lipinski definition) is 3. The highest BCUT2D eigenvalue weighted by Crippen LogP contribution is 2.30. The first-order chi connectivity index (χ1) is 18.0. The van der Waals surface area contributed by atoms with Crippen LogP contribution in [0.1, 0.15) is 62.1 Å². The molecule has 0 bridgehead atoms. The number of hydrogen-bond acceptors (Lipinski definition) is 9. The second-order valence-corrected chi connectivity index (χ2v) is 10.3. The van der Waals surface area contributed by atoms with Crippen LogP contribution in [-0.2, 0) is 17.8 Å². The van der Waals surface area contributed by atoms with Crippen molar-refractivity contribution in [2.75, 3.05) is 36.4 Å². The first kappa shape index (κ1) is 24.0. The number of nitrogens with zero attached hydrogens (tertiary/aromatic N) is 6. The van der Waals surface area contributed by atoms with Gasteiger partial charge in [0.1, 0.15) is 11.3 Å². The molecule has 0 saturated carbocycles. The van der Waals surface area contributed by atoms with Gasteiger partial charge in [-0.15, -0.1) is 0 Å². The van der Waals surface area contributed by atoms with E-state index in [0.717, 1.165) is 79.7 Å². The van der Waals surface area contributed by atoms with Gasteiger partial charge < -0.3 is 25.5 Å². The standard InChI is InChI=1S/C27H34N8O2/c1-17(36)22-14-19-15-29-27(33-24(19)25(31-22)34-11-3-2-4-12-34)32-23-8-7-18-16-35(13-9-20(18)30-23)26(37)21-6-5-10-28-21/h7-8,14-15,17,21,28,36H,2-6,9-13,16H2,1H3,(H,29,30,32,33)/t17?,21-/m1/s1. The van der Waals surface area contributed by atoms with Gasteiger partial charge in [-0.2, -0.15) is 0 Å². The highest BCUT2D eigenvalue weighted by atomic mass is 16.3. The summed E-state index contributed by atoms with van der Waals surface area (Å²) in [5.74, 6) is 2.15. The van der Waals surface area contributed by atoms with Crippen molar-refractivity contribution in [3.63, 3.8) is 0 Å². The molecule has 10 nitrogen and oxygen atoms in total. The van der Waals surface area contributed by atoms with Crippen LogP contribution < -0.4 is 15.5 Å². The average molecular weight is 503 g/mol. The van der Waals surface area contributed by atoms with Crippen molar-refractivity contribution in [2.24, 2.45) is 0 Å². The number of fused-ring (bicyclic) bond motifs is 2. The van der Waals surface area contributed by atoms with Crippen molar-refractivity contribution in [1.29, 1.82) is 0 Å². The zero-order chi connectivity index (χ0) is 25.4. The lowest BCUT2D eigenvalue weighted by Gasteiger charge is -2.30. The second kappa shape index (κ2) is 10.2. The molecule has 3 aliphatic heterocycles. The molecule has 1 unspecified atom stereocenters. The number of aliphatic hydroxyl groups excluding tert-OH is 1. The number of piperidine rings is 1. The van der Waals surface area contributed by atoms with Crippen LogP contribution >= 0.6 is 0 Å². The van der Waals surface area contributed by atoms with Gasteiger partial charge in [0.2, 0.25) is 11.9 Å². The predicted molar refractivity (Wildman–Crippen MR) is 142 cm³/mol. The minimum Gasteiger partial charge on any atom is -0.387 e. The predicted octanol–water partition coefficient (Wildman–Crippen LogP) is 2.84. The number of pyridine rings is 2. The molecule has 37 heavy (non-hydrogen) atoms. The molecule has 1 amide bonds. The Kier molecular flexibility index (Phi) is 6.60. The normalized spacial score (nSPS) is 20.6. The van der Waals surface area contributed by atoms with E-state index in [-0.39, 0.29) is 11.9 Å². The van der Waals surface area contributed by atoms with Crippen LogP contribution in [0, 0.1) is 0 Å². The zero-order valence-corrected chi connectivity index (χ0v) is 21.3. The molecular weight excluding hydrogens is 468 g/mol. The van der Waals surface area contributed by atoms with Crippen molar-refractivity contribution < 1.29 is 9.90 Å². The van der Waals surface area contributed by atoms with Crippen LogP contribution in [0.2, 0.25) is 0 Å². The molecule has 10 heteroatoms. The maximum atomic E-state index is 12.8. The van der Waals surface area contributed by atoms with E-state index in [1.807, 2.05) is 23.1 Å². The summed E-state index contributed by atoms with van der Waals surface area (Å²) in [6.45, 7) is 5.80. The van der Waals surface area contributed by atoms with E-state index < -0.39 is 6.10 Å². The molecular formula is C27H34N8O2. The highest BCUT2D eigenvalue weighted by molar-refractivity contribution is 5.89. The number of rotatable bonds is 5. The smallest absolute Gasteiger partial charge is 0.240 e. The summed E-state index contributed by atoms with van der Waals surface area (Å²) < 4.78 is 0.